The van der Waals surface area contributed by atoms with E-state index in [1.165, 1.54) is 25.2 Å². The first-order chi connectivity index (χ1) is 11.0. The molecule has 8 nitrogen and oxygen atoms in total. The van der Waals surface area contributed by atoms with Crippen molar-refractivity contribution in [2.45, 2.75) is 18.9 Å². The Hall–Kier alpha value is -2.48. The summed E-state index contributed by atoms with van der Waals surface area (Å²) < 4.78 is 0. The van der Waals surface area contributed by atoms with E-state index in [1.807, 2.05) is 14.1 Å². The lowest BCUT2D eigenvalue weighted by Gasteiger charge is -2.24. The number of aromatic nitrogens is 2. The summed E-state index contributed by atoms with van der Waals surface area (Å²) >= 11 is 0. The average Bonchev–Trinajstić information content (AvgIpc) is 3.31. The predicted octanol–water partition coefficient (Wildman–Crippen LogP) is 1.58. The number of hydrogen-bond donors (Lipinski definition) is 2. The number of benzene rings is 1. The van der Waals surface area contributed by atoms with Crippen molar-refractivity contribution in [3.05, 3.63) is 38.9 Å². The highest BCUT2D eigenvalue weighted by molar-refractivity contribution is 5.86. The summed E-state index contributed by atoms with van der Waals surface area (Å²) in [6, 6.07) is 3.19. The maximum Gasteiger partial charge on any atom is 0.293 e. The second-order valence-corrected chi connectivity index (χ2v) is 6.12. The van der Waals surface area contributed by atoms with Gasteiger partial charge in [-0.25, -0.2) is 4.98 Å². The van der Waals surface area contributed by atoms with Gasteiger partial charge in [-0.3, -0.25) is 14.9 Å². The molecule has 1 heterocycles. The summed E-state index contributed by atoms with van der Waals surface area (Å²) in [6.45, 7) is 0.618. The highest BCUT2D eigenvalue weighted by Gasteiger charge is 2.32. The van der Waals surface area contributed by atoms with Gasteiger partial charge in [-0.05, 0) is 38.9 Å². The van der Waals surface area contributed by atoms with Gasteiger partial charge in [0.15, 0.2) is 0 Å². The Morgan fingerprint density at radius 2 is 2.22 bits per heavy atom. The third kappa shape index (κ3) is 3.16. The number of H-pyrrole nitrogens is 1. The summed E-state index contributed by atoms with van der Waals surface area (Å²) in [5.41, 5.74) is 0.348. The zero-order valence-electron chi connectivity index (χ0n) is 13.1. The van der Waals surface area contributed by atoms with Crippen molar-refractivity contribution in [3.8, 4) is 0 Å². The molecular formula is C15H19N5O3. The Morgan fingerprint density at radius 3 is 2.83 bits per heavy atom. The zero-order valence-corrected chi connectivity index (χ0v) is 13.1. The molecule has 122 valence electrons. The lowest BCUT2D eigenvalue weighted by molar-refractivity contribution is -0.383. The number of rotatable bonds is 6. The first kappa shape index (κ1) is 15.4. The predicted molar refractivity (Wildman–Crippen MR) is 87.7 cm³/mol. The van der Waals surface area contributed by atoms with Gasteiger partial charge in [0.2, 0.25) is 0 Å². The number of aromatic amines is 1. The van der Waals surface area contributed by atoms with Gasteiger partial charge in [0.1, 0.15) is 5.69 Å². The summed E-state index contributed by atoms with van der Waals surface area (Å²) in [5, 5.41) is 14.7. The van der Waals surface area contributed by atoms with Crippen LogP contribution in [-0.2, 0) is 0 Å². The number of nitrogens with zero attached hydrogens (tertiary/aromatic N) is 3. The second kappa shape index (κ2) is 5.96. The molecule has 2 aromatic rings. The monoisotopic (exact) mass is 317 g/mol. The van der Waals surface area contributed by atoms with Gasteiger partial charge in [-0.2, -0.15) is 0 Å². The normalized spacial score (nSPS) is 15.8. The van der Waals surface area contributed by atoms with E-state index in [-0.39, 0.29) is 16.6 Å². The van der Waals surface area contributed by atoms with Crippen molar-refractivity contribution in [1.29, 1.82) is 0 Å². The fourth-order valence-electron chi connectivity index (χ4n) is 2.86. The molecule has 0 amide bonds. The molecule has 0 radical (unpaired) electrons. The Morgan fingerprint density at radius 1 is 1.48 bits per heavy atom. The minimum atomic E-state index is -0.476. The Bertz CT molecular complexity index is 795. The second-order valence-electron chi connectivity index (χ2n) is 6.12. The quantitative estimate of drug-likeness (QED) is 0.619. The van der Waals surface area contributed by atoms with Crippen LogP contribution in [0.1, 0.15) is 12.8 Å². The molecule has 0 bridgehead atoms. The molecule has 1 aliphatic rings. The van der Waals surface area contributed by atoms with Gasteiger partial charge >= 0.3 is 0 Å². The number of nitrogens with one attached hydrogen (secondary N) is 2. The van der Waals surface area contributed by atoms with E-state index in [0.29, 0.717) is 29.7 Å². The molecule has 1 aliphatic carbocycles. The molecule has 0 saturated heterocycles. The van der Waals surface area contributed by atoms with Crippen LogP contribution in [0.2, 0.25) is 0 Å². The third-order valence-corrected chi connectivity index (χ3v) is 4.29. The summed E-state index contributed by atoms with van der Waals surface area (Å²) in [4.78, 5) is 31.3. The molecular weight excluding hydrogens is 298 g/mol. The van der Waals surface area contributed by atoms with Crippen LogP contribution in [0.15, 0.2) is 23.3 Å². The molecule has 0 aliphatic heterocycles. The number of nitro benzene ring substituents is 1. The van der Waals surface area contributed by atoms with E-state index in [9.17, 15) is 14.9 Å². The van der Waals surface area contributed by atoms with Crippen LogP contribution in [-0.4, -0.2) is 46.5 Å². The fraction of sp³-hybridized carbons (Fsp3) is 0.467. The molecule has 23 heavy (non-hydrogen) atoms. The maximum absolute atomic E-state index is 11.8. The molecule has 1 aromatic heterocycles. The van der Waals surface area contributed by atoms with E-state index in [0.717, 1.165) is 0 Å². The number of likely N-dealkylation sites (N-methyl/N-ethyl adjacent to an activating group) is 1. The van der Waals surface area contributed by atoms with Gasteiger partial charge in [0.25, 0.3) is 11.2 Å². The molecule has 2 N–H and O–H groups in total. The van der Waals surface area contributed by atoms with E-state index < -0.39 is 4.92 Å². The summed E-state index contributed by atoms with van der Waals surface area (Å²) in [7, 11) is 4.03. The number of anilines is 1. The molecule has 1 saturated carbocycles. The summed E-state index contributed by atoms with van der Waals surface area (Å²) in [6.07, 6.45) is 3.69. The molecule has 0 spiro atoms. The first-order valence-electron chi connectivity index (χ1n) is 7.53. The van der Waals surface area contributed by atoms with Crippen LogP contribution in [0.25, 0.3) is 10.9 Å². The molecule has 1 atom stereocenters. The largest absolute Gasteiger partial charge is 0.378 e. The van der Waals surface area contributed by atoms with Gasteiger partial charge in [0.05, 0.1) is 22.2 Å². The number of nitro groups is 1. The lowest BCUT2D eigenvalue weighted by Crippen LogP contribution is -2.36. The van der Waals surface area contributed by atoms with Gasteiger partial charge in [0, 0.05) is 18.7 Å². The minimum absolute atomic E-state index is 0.107. The minimum Gasteiger partial charge on any atom is -0.378 e. The van der Waals surface area contributed by atoms with Crippen LogP contribution < -0.4 is 10.9 Å². The van der Waals surface area contributed by atoms with Gasteiger partial charge < -0.3 is 15.2 Å². The standard InChI is InChI=1S/C15H19N5O3/c1-19(2)14(9-3-4-9)7-16-12-6-11-10(5-13(12)20(22)23)15(21)18-8-17-11/h5-6,8-9,14,16H,3-4,7H2,1-2H3,(H,17,18,21). The van der Waals surface area contributed by atoms with Crippen molar-refractivity contribution < 1.29 is 4.92 Å². The van der Waals surface area contributed by atoms with Gasteiger partial charge in [-0.1, -0.05) is 0 Å². The summed E-state index contributed by atoms with van der Waals surface area (Å²) in [5.74, 6) is 0.637. The molecule has 1 fully saturated rings. The SMILES string of the molecule is CN(C)C(CNc1cc2nc[nH]c(=O)c2cc1[N+](=O)[O-])C1CC1. The Labute approximate surface area is 132 Å². The van der Waals surface area contributed by atoms with Crippen LogP contribution in [0.5, 0.6) is 0 Å². The van der Waals surface area contributed by atoms with Gasteiger partial charge in [-0.15, -0.1) is 0 Å². The smallest absolute Gasteiger partial charge is 0.293 e. The van der Waals surface area contributed by atoms with Crippen LogP contribution in [0.4, 0.5) is 11.4 Å². The average molecular weight is 317 g/mol. The highest BCUT2D eigenvalue weighted by Crippen LogP contribution is 2.35. The first-order valence-corrected chi connectivity index (χ1v) is 7.53. The van der Waals surface area contributed by atoms with E-state index in [4.69, 9.17) is 0 Å². The molecule has 1 aromatic carbocycles. The fourth-order valence-corrected chi connectivity index (χ4v) is 2.86. The lowest BCUT2D eigenvalue weighted by atomic mass is 10.1. The van der Waals surface area contributed by atoms with Crippen molar-refractivity contribution in [1.82, 2.24) is 14.9 Å². The van der Waals surface area contributed by atoms with Crippen LogP contribution >= 0.6 is 0 Å². The van der Waals surface area contributed by atoms with Crippen molar-refractivity contribution in [2.75, 3.05) is 26.0 Å². The molecule has 8 heteroatoms. The van der Waals surface area contributed by atoms with E-state index in [1.54, 1.807) is 6.07 Å². The van der Waals surface area contributed by atoms with Crippen molar-refractivity contribution >= 4 is 22.3 Å². The van der Waals surface area contributed by atoms with E-state index in [2.05, 4.69) is 20.2 Å². The third-order valence-electron chi connectivity index (χ3n) is 4.29. The van der Waals surface area contributed by atoms with Crippen LogP contribution in [0.3, 0.4) is 0 Å². The van der Waals surface area contributed by atoms with Crippen LogP contribution in [0, 0.1) is 16.0 Å². The Balaban J connectivity index is 1.93. The Kier molecular flexibility index (Phi) is 3.99. The number of hydrogen-bond acceptors (Lipinski definition) is 6. The number of fused-ring (bicyclic) bond motifs is 1. The molecule has 1 unspecified atom stereocenters. The van der Waals surface area contributed by atoms with E-state index >= 15 is 0 Å². The topological polar surface area (TPSA) is 104 Å². The molecule has 3 rings (SSSR count). The zero-order chi connectivity index (χ0) is 16.6. The van der Waals surface area contributed by atoms with Crippen molar-refractivity contribution in [3.63, 3.8) is 0 Å². The highest BCUT2D eigenvalue weighted by atomic mass is 16.6. The van der Waals surface area contributed by atoms with Crippen molar-refractivity contribution in [2.24, 2.45) is 5.92 Å². The maximum atomic E-state index is 11.8.